The molecule has 6 heteroatoms. The summed E-state index contributed by atoms with van der Waals surface area (Å²) >= 11 is 6.17. The van der Waals surface area contributed by atoms with E-state index in [-0.39, 0.29) is 15.2 Å². The number of rotatable bonds is 2. The summed E-state index contributed by atoms with van der Waals surface area (Å²) in [6.07, 6.45) is 0.685. The van der Waals surface area contributed by atoms with Crippen LogP contribution >= 0.6 is 11.6 Å². The van der Waals surface area contributed by atoms with E-state index in [1.165, 1.54) is 30.3 Å². The third kappa shape index (κ3) is 2.63. The highest BCUT2D eigenvalue weighted by atomic mass is 35.5. The summed E-state index contributed by atoms with van der Waals surface area (Å²) < 4.78 is 43.7. The molecular formula is C15H12ClFO3S. The zero-order chi connectivity index (χ0) is 15.0. The molecule has 2 aromatic carbocycles. The molecule has 1 aliphatic rings. The molecule has 0 saturated carbocycles. The normalized spacial score (nSPS) is 17.9. The molecule has 0 bridgehead atoms. The first-order chi connectivity index (χ1) is 9.98. The maximum atomic E-state index is 13.2. The average Bonchev–Trinajstić information content (AvgIpc) is 2.47. The van der Waals surface area contributed by atoms with Crippen LogP contribution in [-0.4, -0.2) is 15.0 Å². The van der Waals surface area contributed by atoms with E-state index in [4.69, 9.17) is 16.3 Å². The van der Waals surface area contributed by atoms with Crippen LogP contribution in [0.25, 0.3) is 0 Å². The standard InChI is InChI=1S/C15H12ClFO3S/c16-14-6-7-20-15-9-12(4-5-13(14)15)21(18,19)11-3-1-2-10(17)8-11/h1-5,8-9,14H,6-7H2. The van der Waals surface area contributed by atoms with Crippen molar-refractivity contribution in [2.24, 2.45) is 0 Å². The quantitative estimate of drug-likeness (QED) is 0.790. The van der Waals surface area contributed by atoms with Crippen LogP contribution in [0.15, 0.2) is 52.3 Å². The second-order valence-electron chi connectivity index (χ2n) is 4.77. The minimum absolute atomic E-state index is 0.0672. The minimum atomic E-state index is -3.78. The van der Waals surface area contributed by atoms with E-state index in [9.17, 15) is 12.8 Å². The van der Waals surface area contributed by atoms with Crippen molar-refractivity contribution in [3.63, 3.8) is 0 Å². The van der Waals surface area contributed by atoms with Crippen molar-refractivity contribution in [3.05, 3.63) is 53.8 Å². The fourth-order valence-corrected chi connectivity index (χ4v) is 3.84. The van der Waals surface area contributed by atoms with E-state index in [0.717, 1.165) is 11.6 Å². The molecule has 3 rings (SSSR count). The summed E-state index contributed by atoms with van der Waals surface area (Å²) in [6.45, 7) is 0.449. The van der Waals surface area contributed by atoms with Crippen molar-refractivity contribution in [1.29, 1.82) is 0 Å². The minimum Gasteiger partial charge on any atom is -0.493 e. The lowest BCUT2D eigenvalue weighted by Crippen LogP contribution is -2.12. The summed E-state index contributed by atoms with van der Waals surface area (Å²) in [4.78, 5) is -0.0155. The number of ether oxygens (including phenoxy) is 1. The Morgan fingerprint density at radius 2 is 1.90 bits per heavy atom. The molecular weight excluding hydrogens is 315 g/mol. The van der Waals surface area contributed by atoms with Crippen molar-refractivity contribution in [2.75, 3.05) is 6.61 Å². The molecule has 0 amide bonds. The Morgan fingerprint density at radius 1 is 1.14 bits per heavy atom. The Hall–Kier alpha value is -1.59. The van der Waals surface area contributed by atoms with E-state index in [1.807, 2.05) is 0 Å². The van der Waals surface area contributed by atoms with Crippen molar-refractivity contribution in [1.82, 2.24) is 0 Å². The van der Waals surface area contributed by atoms with Crippen LogP contribution in [-0.2, 0) is 9.84 Å². The van der Waals surface area contributed by atoms with Crippen molar-refractivity contribution in [2.45, 2.75) is 21.6 Å². The van der Waals surface area contributed by atoms with Gasteiger partial charge in [0.2, 0.25) is 9.84 Å². The largest absolute Gasteiger partial charge is 0.493 e. The van der Waals surface area contributed by atoms with E-state index in [1.54, 1.807) is 6.07 Å². The van der Waals surface area contributed by atoms with Gasteiger partial charge in [0.1, 0.15) is 11.6 Å². The summed E-state index contributed by atoms with van der Waals surface area (Å²) in [5.74, 6) is -0.121. The smallest absolute Gasteiger partial charge is 0.206 e. The molecule has 1 atom stereocenters. The van der Waals surface area contributed by atoms with Gasteiger partial charge in [0.05, 0.1) is 21.8 Å². The lowest BCUT2D eigenvalue weighted by atomic mass is 10.1. The van der Waals surface area contributed by atoms with Gasteiger partial charge in [-0.2, -0.15) is 0 Å². The maximum Gasteiger partial charge on any atom is 0.206 e. The van der Waals surface area contributed by atoms with Gasteiger partial charge in [0, 0.05) is 12.0 Å². The first-order valence-corrected chi connectivity index (χ1v) is 8.32. The maximum absolute atomic E-state index is 13.2. The van der Waals surface area contributed by atoms with Crippen LogP contribution in [0.4, 0.5) is 4.39 Å². The molecule has 0 saturated heterocycles. The van der Waals surface area contributed by atoms with Crippen LogP contribution < -0.4 is 4.74 Å². The fourth-order valence-electron chi connectivity index (χ4n) is 2.26. The van der Waals surface area contributed by atoms with Crippen LogP contribution in [0.3, 0.4) is 0 Å². The van der Waals surface area contributed by atoms with Crippen molar-refractivity contribution in [3.8, 4) is 5.75 Å². The van der Waals surface area contributed by atoms with Gasteiger partial charge in [-0.15, -0.1) is 11.6 Å². The lowest BCUT2D eigenvalue weighted by Gasteiger charge is -2.22. The van der Waals surface area contributed by atoms with Gasteiger partial charge in [0.25, 0.3) is 0 Å². The highest BCUT2D eigenvalue weighted by Crippen LogP contribution is 2.38. The molecule has 110 valence electrons. The second kappa shape index (κ2) is 5.31. The molecule has 3 nitrogen and oxygen atoms in total. The Morgan fingerprint density at radius 3 is 2.67 bits per heavy atom. The molecule has 0 spiro atoms. The first-order valence-electron chi connectivity index (χ1n) is 6.40. The predicted octanol–water partition coefficient (Wildman–Crippen LogP) is 3.72. The summed E-state index contributed by atoms with van der Waals surface area (Å²) in [7, 11) is -3.78. The highest BCUT2D eigenvalue weighted by Gasteiger charge is 2.24. The number of fused-ring (bicyclic) bond motifs is 1. The fraction of sp³-hybridized carbons (Fsp3) is 0.200. The molecule has 0 fully saturated rings. The van der Waals surface area contributed by atoms with Crippen LogP contribution in [0, 0.1) is 5.82 Å². The summed E-state index contributed by atoms with van der Waals surface area (Å²) in [5, 5.41) is -0.181. The predicted molar refractivity (Wildman–Crippen MR) is 77.0 cm³/mol. The number of hydrogen-bond acceptors (Lipinski definition) is 3. The van der Waals surface area contributed by atoms with Gasteiger partial charge in [-0.25, -0.2) is 12.8 Å². The van der Waals surface area contributed by atoms with Crippen LogP contribution in [0.5, 0.6) is 5.75 Å². The van der Waals surface area contributed by atoms with Gasteiger partial charge in [-0.3, -0.25) is 0 Å². The SMILES string of the molecule is O=S(=O)(c1cccc(F)c1)c1ccc2c(c1)OCCC2Cl. The van der Waals surface area contributed by atoms with Gasteiger partial charge >= 0.3 is 0 Å². The van der Waals surface area contributed by atoms with Gasteiger partial charge in [0.15, 0.2) is 0 Å². The first kappa shape index (κ1) is 14.4. The molecule has 21 heavy (non-hydrogen) atoms. The summed E-state index contributed by atoms with van der Waals surface area (Å²) in [6, 6.07) is 9.51. The molecule has 1 heterocycles. The Bertz CT molecular complexity index is 789. The molecule has 0 radical (unpaired) electrons. The number of halogens is 2. The molecule has 0 aliphatic carbocycles. The molecule has 0 N–H and O–H groups in total. The van der Waals surface area contributed by atoms with E-state index in [0.29, 0.717) is 18.8 Å². The third-order valence-electron chi connectivity index (χ3n) is 3.37. The Labute approximate surface area is 127 Å². The second-order valence-corrected chi connectivity index (χ2v) is 7.24. The number of sulfone groups is 1. The van der Waals surface area contributed by atoms with Crippen molar-refractivity contribution < 1.29 is 17.5 Å². The summed E-state index contributed by atoms with van der Waals surface area (Å²) in [5.41, 5.74) is 0.779. The topological polar surface area (TPSA) is 43.4 Å². The van der Waals surface area contributed by atoms with Gasteiger partial charge < -0.3 is 4.74 Å². The zero-order valence-corrected chi connectivity index (χ0v) is 12.5. The highest BCUT2D eigenvalue weighted by molar-refractivity contribution is 7.91. The van der Waals surface area contributed by atoms with Gasteiger partial charge in [-0.1, -0.05) is 12.1 Å². The van der Waals surface area contributed by atoms with Crippen molar-refractivity contribution >= 4 is 21.4 Å². The molecule has 1 unspecified atom stereocenters. The van der Waals surface area contributed by atoms with Crippen LogP contribution in [0.1, 0.15) is 17.4 Å². The number of alkyl halides is 1. The molecule has 1 aliphatic heterocycles. The van der Waals surface area contributed by atoms with E-state index in [2.05, 4.69) is 0 Å². The number of hydrogen-bond donors (Lipinski definition) is 0. The zero-order valence-electron chi connectivity index (χ0n) is 10.9. The lowest BCUT2D eigenvalue weighted by molar-refractivity contribution is 0.284. The Balaban J connectivity index is 2.08. The van der Waals surface area contributed by atoms with Gasteiger partial charge in [-0.05, 0) is 30.3 Å². The van der Waals surface area contributed by atoms with Crippen LogP contribution in [0.2, 0.25) is 0 Å². The third-order valence-corrected chi connectivity index (χ3v) is 5.57. The Kier molecular flexibility index (Phi) is 3.63. The monoisotopic (exact) mass is 326 g/mol. The van der Waals surface area contributed by atoms with E-state index >= 15 is 0 Å². The number of benzene rings is 2. The molecule has 2 aromatic rings. The average molecular weight is 327 g/mol. The molecule has 0 aromatic heterocycles. The van der Waals surface area contributed by atoms with E-state index < -0.39 is 15.7 Å².